The molecule has 0 saturated carbocycles. The van der Waals surface area contributed by atoms with Crippen LogP contribution in [0.5, 0.6) is 0 Å². The first kappa shape index (κ1) is 46.9. The van der Waals surface area contributed by atoms with Gasteiger partial charge in [0.2, 0.25) is 0 Å². The fourth-order valence-electron chi connectivity index (χ4n) is 6.57. The van der Waals surface area contributed by atoms with Crippen LogP contribution in [0.15, 0.2) is 178 Å². The maximum absolute atomic E-state index is 11.9. The Morgan fingerprint density at radius 1 is 0.485 bits per heavy atom. The molecule has 0 aliphatic rings. The van der Waals surface area contributed by atoms with Gasteiger partial charge in [-0.05, 0) is 93.6 Å². The van der Waals surface area contributed by atoms with Gasteiger partial charge in [0.15, 0.2) is 6.29 Å². The van der Waals surface area contributed by atoms with E-state index in [2.05, 4.69) is 63.1 Å². The summed E-state index contributed by atoms with van der Waals surface area (Å²) in [7, 11) is 0. The van der Waals surface area contributed by atoms with E-state index in [1.165, 1.54) is 5.56 Å². The standard InChI is InChI=1S/C17H14BrN3O2.C17H13BrN2O2.C17H13BrN2O/c1-11-2-8-14(9-3-11)21-10-15(17(22)20-23)16(19-21)12-4-6-13(18)7-5-12;1-11-2-8-14(9-3-11)20-10-15(17(21)22)16(19-20)12-4-6-13(18)7-5-12;1-12-2-8-16(9-3-12)20-10-14(11-21)17(19-20)13-4-6-15(18)7-5-13/h2-10,23H,1H3,(H,20,22);2-10H,1H3,(H,21,22);2-11H,1H3. The number of hydrogen-bond acceptors (Lipinski definition) is 7. The Morgan fingerprint density at radius 2 is 0.803 bits per heavy atom. The third kappa shape index (κ3) is 11.4. The molecule has 66 heavy (non-hydrogen) atoms. The Kier molecular flexibility index (Phi) is 15.1. The number of halogens is 3. The van der Waals surface area contributed by atoms with Crippen LogP contribution in [0.2, 0.25) is 0 Å². The van der Waals surface area contributed by atoms with E-state index in [1.54, 1.807) is 38.1 Å². The highest BCUT2D eigenvalue weighted by molar-refractivity contribution is 9.11. The summed E-state index contributed by atoms with van der Waals surface area (Å²) >= 11 is 10.2. The molecule has 12 nitrogen and oxygen atoms in total. The molecular formula is C51H40Br3N7O5. The van der Waals surface area contributed by atoms with Crippen molar-refractivity contribution < 1.29 is 24.7 Å². The molecule has 0 atom stereocenters. The number of benzene rings is 6. The van der Waals surface area contributed by atoms with E-state index in [0.29, 0.717) is 28.2 Å². The third-order valence-corrected chi connectivity index (χ3v) is 11.7. The van der Waals surface area contributed by atoms with Gasteiger partial charge in [-0.1, -0.05) is 137 Å². The van der Waals surface area contributed by atoms with Crippen LogP contribution in [-0.2, 0) is 0 Å². The van der Waals surface area contributed by atoms with Crippen LogP contribution in [-0.4, -0.2) is 57.8 Å². The second-order valence-corrected chi connectivity index (χ2v) is 17.7. The second-order valence-electron chi connectivity index (χ2n) is 14.9. The lowest BCUT2D eigenvalue weighted by Crippen LogP contribution is -2.18. The van der Waals surface area contributed by atoms with Crippen molar-refractivity contribution in [1.29, 1.82) is 0 Å². The van der Waals surface area contributed by atoms with E-state index in [9.17, 15) is 19.5 Å². The Hall–Kier alpha value is -7.04. The Morgan fingerprint density at radius 3 is 1.15 bits per heavy atom. The van der Waals surface area contributed by atoms with Gasteiger partial charge in [0, 0.05) is 48.7 Å². The fraction of sp³-hybridized carbons (Fsp3) is 0.0588. The Labute approximate surface area is 405 Å². The van der Waals surface area contributed by atoms with Crippen LogP contribution in [0, 0.1) is 20.8 Å². The van der Waals surface area contributed by atoms with Crippen LogP contribution in [0.4, 0.5) is 0 Å². The van der Waals surface area contributed by atoms with E-state index in [4.69, 9.17) is 5.21 Å². The molecule has 3 heterocycles. The van der Waals surface area contributed by atoms with Gasteiger partial charge in [-0.25, -0.2) is 24.3 Å². The number of hydroxylamine groups is 1. The molecule has 15 heteroatoms. The molecule has 0 aliphatic heterocycles. The van der Waals surface area contributed by atoms with Gasteiger partial charge in [0.05, 0.1) is 28.2 Å². The molecule has 6 aromatic carbocycles. The molecule has 330 valence electrons. The maximum Gasteiger partial charge on any atom is 0.339 e. The number of aldehydes is 1. The average molecular weight is 1070 g/mol. The van der Waals surface area contributed by atoms with E-state index in [-0.39, 0.29) is 5.56 Å². The zero-order valence-electron chi connectivity index (χ0n) is 35.6. The number of carboxylic acids is 1. The molecule has 3 N–H and O–H groups in total. The summed E-state index contributed by atoms with van der Waals surface area (Å²) in [5, 5.41) is 31.9. The van der Waals surface area contributed by atoms with Crippen molar-refractivity contribution >= 4 is 66.0 Å². The van der Waals surface area contributed by atoms with Crippen LogP contribution >= 0.6 is 47.8 Å². The highest BCUT2D eigenvalue weighted by Crippen LogP contribution is 2.28. The van der Waals surface area contributed by atoms with Crippen molar-refractivity contribution in [2.75, 3.05) is 0 Å². The van der Waals surface area contributed by atoms with Crippen molar-refractivity contribution in [1.82, 2.24) is 34.8 Å². The number of aryl methyl sites for hydroxylation is 3. The second kappa shape index (κ2) is 21.3. The first-order valence-electron chi connectivity index (χ1n) is 20.2. The molecule has 0 radical (unpaired) electrons. The number of carbonyl (C=O) groups excluding carboxylic acids is 2. The van der Waals surface area contributed by atoms with Crippen LogP contribution in [0.3, 0.4) is 0 Å². The zero-order chi connectivity index (χ0) is 46.9. The van der Waals surface area contributed by atoms with Crippen molar-refractivity contribution in [2.45, 2.75) is 20.8 Å². The first-order valence-corrected chi connectivity index (χ1v) is 22.6. The lowest BCUT2D eigenvalue weighted by atomic mass is 10.1. The molecule has 9 aromatic rings. The van der Waals surface area contributed by atoms with E-state index in [1.807, 2.05) is 166 Å². The molecule has 0 aliphatic carbocycles. The van der Waals surface area contributed by atoms with Gasteiger partial charge in [-0.2, -0.15) is 15.3 Å². The number of amides is 1. The molecule has 0 spiro atoms. The smallest absolute Gasteiger partial charge is 0.339 e. The van der Waals surface area contributed by atoms with E-state index >= 15 is 0 Å². The average Bonchev–Trinajstić information content (AvgIpc) is 4.09. The van der Waals surface area contributed by atoms with Crippen LogP contribution < -0.4 is 5.48 Å². The van der Waals surface area contributed by atoms with Gasteiger partial charge in [-0.3, -0.25) is 14.8 Å². The Bertz CT molecular complexity index is 3110. The highest BCUT2D eigenvalue weighted by atomic mass is 79.9. The van der Waals surface area contributed by atoms with Crippen molar-refractivity contribution in [2.24, 2.45) is 0 Å². The molecule has 1 amide bonds. The number of aromatic nitrogens is 6. The summed E-state index contributed by atoms with van der Waals surface area (Å²) in [6.07, 6.45) is 5.75. The van der Waals surface area contributed by atoms with Crippen molar-refractivity contribution in [3.8, 4) is 50.8 Å². The first-order chi connectivity index (χ1) is 31.8. The monoisotopic (exact) mass is 1070 g/mol. The fourth-order valence-corrected chi connectivity index (χ4v) is 7.36. The molecule has 3 aromatic heterocycles. The van der Waals surface area contributed by atoms with Crippen molar-refractivity contribution in [3.63, 3.8) is 0 Å². The summed E-state index contributed by atoms with van der Waals surface area (Å²) in [5.74, 6) is -1.59. The van der Waals surface area contributed by atoms with Crippen molar-refractivity contribution in [3.05, 3.63) is 211 Å². The van der Waals surface area contributed by atoms with Gasteiger partial charge in [0.1, 0.15) is 22.6 Å². The van der Waals surface area contributed by atoms with E-state index < -0.39 is 11.9 Å². The van der Waals surface area contributed by atoms with Gasteiger partial charge >= 0.3 is 5.97 Å². The number of hydrogen-bond donors (Lipinski definition) is 3. The van der Waals surface area contributed by atoms with Crippen LogP contribution in [0.25, 0.3) is 50.8 Å². The summed E-state index contributed by atoms with van der Waals surface area (Å²) in [6.45, 7) is 6.05. The Balaban J connectivity index is 0.000000147. The van der Waals surface area contributed by atoms with E-state index in [0.717, 1.165) is 64.6 Å². The molecule has 9 rings (SSSR count). The van der Waals surface area contributed by atoms with Gasteiger partial charge in [0.25, 0.3) is 5.91 Å². The summed E-state index contributed by atoms with van der Waals surface area (Å²) < 4.78 is 7.83. The summed E-state index contributed by atoms with van der Waals surface area (Å²) in [4.78, 5) is 34.8. The van der Waals surface area contributed by atoms with Gasteiger partial charge in [-0.15, -0.1) is 0 Å². The minimum Gasteiger partial charge on any atom is -0.478 e. The molecule has 0 fully saturated rings. The zero-order valence-corrected chi connectivity index (χ0v) is 40.4. The predicted molar refractivity (Wildman–Crippen MR) is 266 cm³/mol. The largest absolute Gasteiger partial charge is 0.478 e. The van der Waals surface area contributed by atoms with Gasteiger partial charge < -0.3 is 5.11 Å². The molecule has 0 unspecified atom stereocenters. The highest BCUT2D eigenvalue weighted by Gasteiger charge is 2.20. The SMILES string of the molecule is Cc1ccc(-n2cc(C(=O)NO)c(-c3ccc(Br)cc3)n2)cc1.Cc1ccc(-n2cc(C(=O)O)c(-c3ccc(Br)cc3)n2)cc1.Cc1ccc(-n2cc(C=O)c(-c3ccc(Br)cc3)n2)cc1. The number of nitrogens with one attached hydrogen (secondary N) is 1. The predicted octanol–water partition coefficient (Wildman–Crippen LogP) is 12.5. The number of aromatic carboxylic acids is 1. The normalized spacial score (nSPS) is 10.6. The molecular weight excluding hydrogens is 1030 g/mol. The maximum atomic E-state index is 11.9. The minimum atomic E-state index is -0.990. The number of carboxylic acid groups (broad SMARTS) is 1. The quantitative estimate of drug-likeness (QED) is 0.0732. The topological polar surface area (TPSA) is 157 Å². The number of nitrogens with zero attached hydrogens (tertiary/aromatic N) is 6. The molecule has 0 saturated heterocycles. The third-order valence-electron chi connectivity index (χ3n) is 10.1. The summed E-state index contributed by atoms with van der Waals surface area (Å²) in [5.41, 5.74) is 13.0. The number of carbonyl (C=O) groups is 3. The lowest BCUT2D eigenvalue weighted by molar-refractivity contribution is 0.0694. The number of rotatable bonds is 9. The van der Waals surface area contributed by atoms with Crippen LogP contribution in [0.1, 0.15) is 47.8 Å². The molecule has 0 bridgehead atoms. The minimum absolute atomic E-state index is 0.183. The lowest BCUT2D eigenvalue weighted by Gasteiger charge is -2.02. The summed E-state index contributed by atoms with van der Waals surface area (Å²) in [6, 6.07) is 46.3.